The first-order chi connectivity index (χ1) is 25.2. The quantitative estimate of drug-likeness (QED) is 0.103. The Hall–Kier alpha value is -2.19. The highest BCUT2D eigenvalue weighted by Gasteiger charge is 2.47. The second-order valence-electron chi connectivity index (χ2n) is 15.5. The van der Waals surface area contributed by atoms with Gasteiger partial charge in [-0.2, -0.15) is 0 Å². The highest BCUT2D eigenvalue weighted by molar-refractivity contribution is 7.80. The van der Waals surface area contributed by atoms with Gasteiger partial charge in [-0.15, -0.1) is 19.2 Å². The number of nitrogens with one attached hydrogen (secondary N) is 2. The zero-order valence-electron chi connectivity index (χ0n) is 33.5. The number of aryl methyl sites for hydroxylation is 1. The third kappa shape index (κ3) is 16.0. The van der Waals surface area contributed by atoms with Crippen LogP contribution in [-0.4, -0.2) is 76.1 Å². The summed E-state index contributed by atoms with van der Waals surface area (Å²) in [6.45, 7) is 21.1. The van der Waals surface area contributed by atoms with Crippen molar-refractivity contribution in [2.24, 2.45) is 11.8 Å². The van der Waals surface area contributed by atoms with E-state index >= 15 is 0 Å². The Morgan fingerprint density at radius 1 is 0.923 bits per heavy atom. The molecule has 0 spiro atoms. The van der Waals surface area contributed by atoms with Gasteiger partial charge in [0.05, 0.1) is 24.4 Å². The number of hydrogen-bond donors (Lipinski definition) is 3. The predicted molar refractivity (Wildman–Crippen MR) is 228 cm³/mol. The zero-order valence-corrected chi connectivity index (χ0v) is 34.4. The number of allylic oxidation sites excluding steroid dienone is 2. The summed E-state index contributed by atoms with van der Waals surface area (Å²) in [5.74, 6) is 2.23. The zero-order chi connectivity index (χ0) is 37.7. The van der Waals surface area contributed by atoms with E-state index in [1.165, 1.54) is 88.3 Å². The molecule has 3 fully saturated rings. The van der Waals surface area contributed by atoms with Gasteiger partial charge in [-0.05, 0) is 152 Å². The molecule has 2 saturated carbocycles. The lowest BCUT2D eigenvalue weighted by molar-refractivity contribution is -0.163. The van der Waals surface area contributed by atoms with Crippen LogP contribution in [0.15, 0.2) is 84.8 Å². The van der Waals surface area contributed by atoms with Gasteiger partial charge in [-0.1, -0.05) is 87.0 Å². The van der Waals surface area contributed by atoms with Gasteiger partial charge in [-0.25, -0.2) is 0 Å². The van der Waals surface area contributed by atoms with Crippen LogP contribution in [0.1, 0.15) is 108 Å². The molecule has 1 aliphatic heterocycles. The van der Waals surface area contributed by atoms with Crippen molar-refractivity contribution in [3.8, 4) is 0 Å². The average Bonchev–Trinajstić information content (AvgIpc) is 3.91. The highest BCUT2D eigenvalue weighted by Crippen LogP contribution is 2.50. The molecule has 2 aromatic rings. The maximum Gasteiger partial charge on any atom is 0.0900 e. The van der Waals surface area contributed by atoms with Gasteiger partial charge < -0.3 is 20.1 Å². The summed E-state index contributed by atoms with van der Waals surface area (Å²) in [6.07, 6.45) is 22.2. The van der Waals surface area contributed by atoms with Crippen LogP contribution in [0.25, 0.3) is 6.08 Å². The van der Waals surface area contributed by atoms with Crippen LogP contribution in [0.2, 0.25) is 0 Å². The minimum Gasteiger partial charge on any atom is -0.379 e. The third-order valence-electron chi connectivity index (χ3n) is 11.0. The molecule has 290 valence electrons. The van der Waals surface area contributed by atoms with E-state index in [1.54, 1.807) is 6.08 Å². The molecule has 2 aromatic carbocycles. The third-order valence-corrected chi connectivity index (χ3v) is 11.3. The number of ether oxygens (including phenoxy) is 2. The normalized spacial score (nSPS) is 25.4. The topological polar surface area (TPSA) is 45.8 Å². The largest absolute Gasteiger partial charge is 0.379 e. The van der Waals surface area contributed by atoms with Gasteiger partial charge >= 0.3 is 0 Å². The Morgan fingerprint density at radius 2 is 1.54 bits per heavy atom. The molecule has 0 bridgehead atoms. The lowest BCUT2D eigenvalue weighted by atomic mass is 9.75. The molecular formula is C46H73N3O2S. The number of thiol groups is 1. The number of rotatable bonds is 14. The lowest BCUT2D eigenvalue weighted by Gasteiger charge is -2.46. The minimum absolute atomic E-state index is 0.00558. The van der Waals surface area contributed by atoms with E-state index in [0.717, 1.165) is 55.8 Å². The predicted octanol–water partition coefficient (Wildman–Crippen LogP) is 10.1. The molecule has 5 nitrogen and oxygen atoms in total. The fourth-order valence-electron chi connectivity index (χ4n) is 7.52. The van der Waals surface area contributed by atoms with E-state index in [-0.39, 0.29) is 11.2 Å². The van der Waals surface area contributed by atoms with Gasteiger partial charge in [-0.3, -0.25) is 4.90 Å². The van der Waals surface area contributed by atoms with Crippen molar-refractivity contribution in [3.05, 3.63) is 96.6 Å². The Kier molecular flexibility index (Phi) is 20.6. The van der Waals surface area contributed by atoms with Crippen molar-refractivity contribution >= 4 is 18.7 Å². The lowest BCUT2D eigenvalue weighted by Crippen LogP contribution is -2.46. The molecule has 1 saturated heterocycles. The number of benzene rings is 2. The summed E-state index contributed by atoms with van der Waals surface area (Å²) in [7, 11) is 3.94. The summed E-state index contributed by atoms with van der Waals surface area (Å²) in [5.41, 5.74) is 4.20. The van der Waals surface area contributed by atoms with Crippen LogP contribution < -0.4 is 10.6 Å². The molecule has 2 N–H and O–H groups in total. The summed E-state index contributed by atoms with van der Waals surface area (Å²) in [6, 6.07) is 17.4. The molecule has 1 heterocycles. The van der Waals surface area contributed by atoms with E-state index in [2.05, 4.69) is 91.6 Å². The summed E-state index contributed by atoms with van der Waals surface area (Å²) in [4.78, 5) is 3.52. The van der Waals surface area contributed by atoms with E-state index in [0.29, 0.717) is 11.8 Å². The van der Waals surface area contributed by atoms with Crippen LogP contribution in [-0.2, 0) is 15.9 Å². The standard InChI is InChI=1S/C30H45NO2.C8H8S.C5H14N2.C3H6/c1-24-5-3-15-30(24,23-26-7-8-26)33-29(2)16-13-28(14-17-29)27-11-9-25(10-12-27)6-4-18-31-19-21-32-22-20-31;1-2-7-3-5-8(9)6-4-7;1-6-4-3-5-7-2;1-3-2/h3,9-12,15,24,26,28H,4-8,13-14,16-23H2,1-2H3;2-6,9H,1H2;6-7H,3-5H2,1-2H3;3H,1H2,2H3. The van der Waals surface area contributed by atoms with Crippen molar-refractivity contribution in [2.75, 3.05) is 60.0 Å². The van der Waals surface area contributed by atoms with E-state index in [1.807, 2.05) is 51.4 Å². The fraction of sp³-hybridized carbons (Fsp3) is 0.609. The van der Waals surface area contributed by atoms with E-state index < -0.39 is 0 Å². The average molecular weight is 732 g/mol. The number of hydrogen-bond acceptors (Lipinski definition) is 6. The molecule has 52 heavy (non-hydrogen) atoms. The van der Waals surface area contributed by atoms with Crippen molar-refractivity contribution in [2.45, 2.75) is 113 Å². The van der Waals surface area contributed by atoms with Crippen molar-refractivity contribution < 1.29 is 9.47 Å². The molecule has 4 aliphatic rings. The first kappa shape index (κ1) is 44.2. The minimum atomic E-state index is 0.00558. The molecule has 2 unspecified atom stereocenters. The molecule has 0 aromatic heterocycles. The number of nitrogens with zero attached hydrogens (tertiary/aromatic N) is 1. The van der Waals surface area contributed by atoms with Crippen LogP contribution in [0.4, 0.5) is 0 Å². The summed E-state index contributed by atoms with van der Waals surface area (Å²) in [5, 5.41) is 6.12. The van der Waals surface area contributed by atoms with Crippen LogP contribution in [0.5, 0.6) is 0 Å². The molecule has 6 rings (SSSR count). The fourth-order valence-corrected chi connectivity index (χ4v) is 7.67. The maximum atomic E-state index is 7.09. The summed E-state index contributed by atoms with van der Waals surface area (Å²) >= 11 is 4.14. The van der Waals surface area contributed by atoms with E-state index in [4.69, 9.17) is 9.47 Å². The van der Waals surface area contributed by atoms with Crippen molar-refractivity contribution in [1.29, 1.82) is 0 Å². The van der Waals surface area contributed by atoms with Crippen LogP contribution in [0, 0.1) is 11.8 Å². The molecule has 3 aliphatic carbocycles. The highest BCUT2D eigenvalue weighted by atomic mass is 32.1. The van der Waals surface area contributed by atoms with Crippen LogP contribution >= 0.6 is 12.6 Å². The second-order valence-corrected chi connectivity index (χ2v) is 16.0. The van der Waals surface area contributed by atoms with Crippen LogP contribution in [0.3, 0.4) is 0 Å². The Morgan fingerprint density at radius 3 is 2.06 bits per heavy atom. The maximum absolute atomic E-state index is 7.09. The monoisotopic (exact) mass is 732 g/mol. The Bertz CT molecular complexity index is 1270. The SMILES string of the molecule is C=CC.C=Cc1ccc(S)cc1.CC1CC=CC1(CC1CC1)OC1(C)CCC(c2ccc(CCCN3CCOCC3)cc2)CC1.CNCCCNC. The molecule has 0 amide bonds. The second kappa shape index (κ2) is 24.3. The van der Waals surface area contributed by atoms with Crippen molar-refractivity contribution in [3.63, 3.8) is 0 Å². The molecule has 6 heteroatoms. The van der Waals surface area contributed by atoms with Gasteiger partial charge in [0.2, 0.25) is 0 Å². The Balaban J connectivity index is 0.000000315. The smallest absolute Gasteiger partial charge is 0.0900 e. The first-order valence-electron chi connectivity index (χ1n) is 20.2. The van der Waals surface area contributed by atoms with Gasteiger partial charge in [0, 0.05) is 18.0 Å². The first-order valence-corrected chi connectivity index (χ1v) is 20.7. The molecule has 2 atom stereocenters. The summed E-state index contributed by atoms with van der Waals surface area (Å²) < 4.78 is 12.5. The van der Waals surface area contributed by atoms with Gasteiger partial charge in [0.1, 0.15) is 0 Å². The van der Waals surface area contributed by atoms with Gasteiger partial charge in [0.15, 0.2) is 0 Å². The molecule has 0 radical (unpaired) electrons. The van der Waals surface area contributed by atoms with E-state index in [9.17, 15) is 0 Å². The van der Waals surface area contributed by atoms with Crippen molar-refractivity contribution in [1.82, 2.24) is 15.5 Å². The number of morpholine rings is 1. The Labute approximate surface area is 324 Å². The molecular weight excluding hydrogens is 659 g/mol. The van der Waals surface area contributed by atoms with Gasteiger partial charge in [0.25, 0.3) is 0 Å².